The fourth-order valence-electron chi connectivity index (χ4n) is 2.34. The van der Waals surface area contributed by atoms with E-state index in [9.17, 15) is 4.79 Å². The maximum atomic E-state index is 12.6. The van der Waals surface area contributed by atoms with Crippen LogP contribution in [0.2, 0.25) is 10.0 Å². The summed E-state index contributed by atoms with van der Waals surface area (Å²) in [6.45, 7) is 2.56. The van der Waals surface area contributed by atoms with Crippen LogP contribution in [0.5, 0.6) is 5.75 Å². The summed E-state index contributed by atoms with van der Waals surface area (Å²) in [6, 6.07) is 12.3. The zero-order valence-corrected chi connectivity index (χ0v) is 16.3. The highest BCUT2D eigenvalue weighted by molar-refractivity contribution is 7.09. The van der Waals surface area contributed by atoms with Crippen LogP contribution in [0.4, 0.5) is 0 Å². The first-order chi connectivity index (χ1) is 12.5. The fraction of sp³-hybridized carbons (Fsp3) is 0.158. The van der Waals surface area contributed by atoms with Gasteiger partial charge in [0.1, 0.15) is 12.4 Å². The number of carbonyl (C=O) groups excluding carboxylic acids is 1. The highest BCUT2D eigenvalue weighted by atomic mass is 35.5. The third-order valence-corrected chi connectivity index (χ3v) is 5.04. The number of aromatic nitrogens is 1. The van der Waals surface area contributed by atoms with Crippen molar-refractivity contribution < 1.29 is 9.53 Å². The maximum absolute atomic E-state index is 12.6. The van der Waals surface area contributed by atoms with E-state index >= 15 is 0 Å². The molecule has 0 atom stereocenters. The number of para-hydroxylation sites is 1. The second-order valence-electron chi connectivity index (χ2n) is 5.56. The maximum Gasteiger partial charge on any atom is 0.255 e. The fourth-order valence-corrected chi connectivity index (χ4v) is 3.41. The van der Waals surface area contributed by atoms with Crippen LogP contribution in [0.1, 0.15) is 26.6 Å². The van der Waals surface area contributed by atoms with Crippen molar-refractivity contribution in [1.29, 1.82) is 0 Å². The van der Waals surface area contributed by atoms with Crippen molar-refractivity contribution >= 4 is 40.4 Å². The molecule has 26 heavy (non-hydrogen) atoms. The van der Waals surface area contributed by atoms with Gasteiger partial charge in [-0.15, -0.1) is 11.3 Å². The van der Waals surface area contributed by atoms with E-state index in [2.05, 4.69) is 10.3 Å². The van der Waals surface area contributed by atoms with E-state index in [0.29, 0.717) is 34.5 Å². The summed E-state index contributed by atoms with van der Waals surface area (Å²) in [4.78, 5) is 16.9. The van der Waals surface area contributed by atoms with Gasteiger partial charge in [-0.25, -0.2) is 4.98 Å². The topological polar surface area (TPSA) is 51.2 Å². The van der Waals surface area contributed by atoms with Crippen molar-refractivity contribution in [3.8, 4) is 5.75 Å². The minimum absolute atomic E-state index is 0.235. The zero-order chi connectivity index (χ0) is 18.5. The van der Waals surface area contributed by atoms with E-state index in [0.717, 1.165) is 16.3 Å². The van der Waals surface area contributed by atoms with Crippen LogP contribution in [0.25, 0.3) is 0 Å². The van der Waals surface area contributed by atoms with Gasteiger partial charge in [-0.1, -0.05) is 41.4 Å². The lowest BCUT2D eigenvalue weighted by atomic mass is 10.1. The molecule has 0 saturated carbocycles. The molecule has 1 aromatic heterocycles. The number of ether oxygens (including phenoxy) is 1. The number of halogens is 2. The summed E-state index contributed by atoms with van der Waals surface area (Å²) in [5.41, 5.74) is 2.10. The van der Waals surface area contributed by atoms with Crippen LogP contribution in [0.15, 0.2) is 47.8 Å². The highest BCUT2D eigenvalue weighted by Gasteiger charge is 2.13. The van der Waals surface area contributed by atoms with Gasteiger partial charge in [0.2, 0.25) is 0 Å². The quantitative estimate of drug-likeness (QED) is 0.606. The number of rotatable bonds is 6. The Balaban J connectivity index is 1.67. The Kier molecular flexibility index (Phi) is 6.14. The van der Waals surface area contributed by atoms with E-state index in [1.54, 1.807) is 47.7 Å². The molecule has 2 aromatic carbocycles. The Morgan fingerprint density at radius 2 is 2.04 bits per heavy atom. The lowest BCUT2D eigenvalue weighted by molar-refractivity contribution is 0.0946. The number of carbonyl (C=O) groups is 1. The van der Waals surface area contributed by atoms with Gasteiger partial charge in [-0.3, -0.25) is 4.79 Å². The number of hydrogen-bond donors (Lipinski definition) is 1. The molecule has 134 valence electrons. The summed E-state index contributed by atoms with van der Waals surface area (Å²) in [5.74, 6) is 0.277. The Morgan fingerprint density at radius 3 is 2.77 bits per heavy atom. The summed E-state index contributed by atoms with van der Waals surface area (Å²) in [5, 5.41) is 6.86. The number of nitrogens with one attached hydrogen (secondary N) is 1. The molecule has 0 saturated heterocycles. The Bertz CT molecular complexity index is 927. The first-order valence-corrected chi connectivity index (χ1v) is 9.51. The van der Waals surface area contributed by atoms with Gasteiger partial charge >= 0.3 is 0 Å². The summed E-state index contributed by atoms with van der Waals surface area (Å²) < 4.78 is 5.79. The standard InChI is InChI=1S/C19H16Cl2N2O2S/c1-12-23-15(11-26-12)10-25-18-5-3-2-4-16(18)19(24)22-9-13-6-7-14(20)8-17(13)21/h2-8,11H,9-10H2,1H3,(H,22,24). The molecule has 7 heteroatoms. The molecule has 0 bridgehead atoms. The molecule has 1 amide bonds. The van der Waals surface area contributed by atoms with E-state index in [-0.39, 0.29) is 5.91 Å². The van der Waals surface area contributed by atoms with Gasteiger partial charge in [0, 0.05) is 22.0 Å². The van der Waals surface area contributed by atoms with Crippen molar-refractivity contribution in [1.82, 2.24) is 10.3 Å². The van der Waals surface area contributed by atoms with Crippen molar-refractivity contribution in [2.75, 3.05) is 0 Å². The normalized spacial score (nSPS) is 10.6. The Labute approximate surface area is 165 Å². The lowest BCUT2D eigenvalue weighted by Gasteiger charge is -2.12. The molecule has 0 spiro atoms. The molecule has 3 aromatic rings. The Hall–Kier alpha value is -2.08. The van der Waals surface area contributed by atoms with E-state index in [1.165, 1.54) is 0 Å². The SMILES string of the molecule is Cc1nc(COc2ccccc2C(=O)NCc2ccc(Cl)cc2Cl)cs1. The van der Waals surface area contributed by atoms with Crippen LogP contribution in [0, 0.1) is 6.92 Å². The summed E-state index contributed by atoms with van der Waals surface area (Å²) in [6.07, 6.45) is 0. The molecule has 4 nitrogen and oxygen atoms in total. The van der Waals surface area contributed by atoms with Crippen LogP contribution in [0.3, 0.4) is 0 Å². The summed E-state index contributed by atoms with van der Waals surface area (Å²) in [7, 11) is 0. The minimum Gasteiger partial charge on any atom is -0.486 e. The third-order valence-electron chi connectivity index (χ3n) is 3.63. The second kappa shape index (κ2) is 8.54. The lowest BCUT2D eigenvalue weighted by Crippen LogP contribution is -2.23. The highest BCUT2D eigenvalue weighted by Crippen LogP contribution is 2.22. The van der Waals surface area contributed by atoms with E-state index in [1.807, 2.05) is 18.4 Å². The van der Waals surface area contributed by atoms with E-state index < -0.39 is 0 Å². The molecular formula is C19H16Cl2N2O2S. The summed E-state index contributed by atoms with van der Waals surface area (Å²) >= 11 is 13.6. The monoisotopic (exact) mass is 406 g/mol. The van der Waals surface area contributed by atoms with Crippen molar-refractivity contribution in [3.63, 3.8) is 0 Å². The molecule has 0 fully saturated rings. The minimum atomic E-state index is -0.235. The van der Waals surface area contributed by atoms with Gasteiger partial charge in [-0.05, 0) is 36.8 Å². The predicted octanol–water partition coefficient (Wildman–Crippen LogP) is 5.27. The molecule has 0 aliphatic rings. The smallest absolute Gasteiger partial charge is 0.255 e. The number of benzene rings is 2. The van der Waals surface area contributed by atoms with Gasteiger partial charge in [0.05, 0.1) is 16.3 Å². The van der Waals surface area contributed by atoms with Crippen LogP contribution >= 0.6 is 34.5 Å². The van der Waals surface area contributed by atoms with Crippen LogP contribution in [-0.4, -0.2) is 10.9 Å². The van der Waals surface area contributed by atoms with Gasteiger partial charge in [0.25, 0.3) is 5.91 Å². The number of amides is 1. The Morgan fingerprint density at radius 1 is 1.23 bits per heavy atom. The third kappa shape index (κ3) is 4.75. The van der Waals surface area contributed by atoms with Crippen LogP contribution < -0.4 is 10.1 Å². The van der Waals surface area contributed by atoms with E-state index in [4.69, 9.17) is 27.9 Å². The zero-order valence-electron chi connectivity index (χ0n) is 14.0. The molecule has 3 rings (SSSR count). The molecule has 1 heterocycles. The molecule has 0 radical (unpaired) electrons. The average molecular weight is 407 g/mol. The van der Waals surface area contributed by atoms with Crippen LogP contribution in [-0.2, 0) is 13.2 Å². The number of aryl methyl sites for hydroxylation is 1. The number of nitrogens with zero attached hydrogens (tertiary/aromatic N) is 1. The first-order valence-electron chi connectivity index (χ1n) is 7.88. The van der Waals surface area contributed by atoms with Crippen molar-refractivity contribution in [2.45, 2.75) is 20.1 Å². The molecule has 0 aliphatic carbocycles. The second-order valence-corrected chi connectivity index (χ2v) is 7.47. The molecular weight excluding hydrogens is 391 g/mol. The molecule has 0 unspecified atom stereocenters. The first kappa shape index (κ1) is 18.7. The molecule has 0 aliphatic heterocycles. The van der Waals surface area contributed by atoms with Gasteiger partial charge in [-0.2, -0.15) is 0 Å². The number of thiazole rings is 1. The average Bonchev–Trinajstić information content (AvgIpc) is 3.04. The van der Waals surface area contributed by atoms with Gasteiger partial charge < -0.3 is 10.1 Å². The van der Waals surface area contributed by atoms with Crippen molar-refractivity contribution in [3.05, 3.63) is 79.7 Å². The number of hydrogen-bond acceptors (Lipinski definition) is 4. The van der Waals surface area contributed by atoms with Gasteiger partial charge in [0.15, 0.2) is 0 Å². The molecule has 1 N–H and O–H groups in total. The predicted molar refractivity (Wildman–Crippen MR) is 105 cm³/mol. The largest absolute Gasteiger partial charge is 0.486 e. The van der Waals surface area contributed by atoms with Crippen molar-refractivity contribution in [2.24, 2.45) is 0 Å².